The predicted molar refractivity (Wildman–Crippen MR) is 52.8 cm³/mol. The second-order valence-corrected chi connectivity index (χ2v) is 3.92. The first-order valence-electron chi connectivity index (χ1n) is 4.01. The molecule has 3 nitrogen and oxygen atoms in total. The summed E-state index contributed by atoms with van der Waals surface area (Å²) in [6.07, 6.45) is 0.561. The quantitative estimate of drug-likeness (QED) is 0.742. The lowest BCUT2D eigenvalue weighted by Crippen LogP contribution is -2.33. The molecule has 0 aliphatic carbocycles. The van der Waals surface area contributed by atoms with Crippen molar-refractivity contribution in [3.05, 3.63) is 21.9 Å². The minimum atomic E-state index is -0.539. The van der Waals surface area contributed by atoms with Crippen LogP contribution in [0.15, 0.2) is 11.4 Å². The van der Waals surface area contributed by atoms with Gasteiger partial charge in [-0.25, -0.2) is 0 Å². The van der Waals surface area contributed by atoms with Crippen molar-refractivity contribution in [3.8, 4) is 0 Å². The Hall–Kier alpha value is -0.870. The average molecular weight is 199 g/mol. The number of thiophene rings is 1. The van der Waals surface area contributed by atoms with Gasteiger partial charge in [-0.2, -0.15) is 0 Å². The normalized spacial score (nSPS) is 12.5. The number of hydrogen-bond donors (Lipinski definition) is 1. The van der Waals surface area contributed by atoms with Crippen LogP contribution in [0.4, 0.5) is 0 Å². The van der Waals surface area contributed by atoms with Crippen molar-refractivity contribution in [2.24, 2.45) is 5.73 Å². The number of carbonyl (C=O) groups is 1. The van der Waals surface area contributed by atoms with Gasteiger partial charge in [-0.1, -0.05) is 0 Å². The summed E-state index contributed by atoms with van der Waals surface area (Å²) >= 11 is 1.62. The summed E-state index contributed by atoms with van der Waals surface area (Å²) in [5, 5.41) is 2.04. The number of esters is 1. The van der Waals surface area contributed by atoms with E-state index in [1.165, 1.54) is 12.7 Å². The van der Waals surface area contributed by atoms with Gasteiger partial charge in [0.1, 0.15) is 6.04 Å². The Bertz CT molecular complexity index is 296. The van der Waals surface area contributed by atoms with E-state index >= 15 is 0 Å². The van der Waals surface area contributed by atoms with E-state index in [0.29, 0.717) is 6.42 Å². The van der Waals surface area contributed by atoms with Crippen molar-refractivity contribution < 1.29 is 9.53 Å². The number of methoxy groups -OCH3 is 1. The Morgan fingerprint density at radius 3 is 2.92 bits per heavy atom. The maximum Gasteiger partial charge on any atom is 0.323 e. The molecule has 1 aromatic rings. The first-order chi connectivity index (χ1) is 6.13. The summed E-state index contributed by atoms with van der Waals surface area (Å²) in [6, 6.07) is 1.50. The lowest BCUT2D eigenvalue weighted by atomic mass is 10.2. The fraction of sp³-hybridized carbons (Fsp3) is 0.444. The highest BCUT2D eigenvalue weighted by molar-refractivity contribution is 7.10. The van der Waals surface area contributed by atoms with Crippen molar-refractivity contribution in [2.45, 2.75) is 19.4 Å². The maximum absolute atomic E-state index is 11.0. The zero-order chi connectivity index (χ0) is 9.84. The first kappa shape index (κ1) is 10.2. The van der Waals surface area contributed by atoms with Crippen LogP contribution >= 0.6 is 11.3 Å². The highest BCUT2D eigenvalue weighted by Gasteiger charge is 2.14. The smallest absolute Gasteiger partial charge is 0.323 e. The van der Waals surface area contributed by atoms with E-state index in [1.807, 2.05) is 18.4 Å². The molecule has 0 fully saturated rings. The highest BCUT2D eigenvalue weighted by Crippen LogP contribution is 2.15. The van der Waals surface area contributed by atoms with Gasteiger partial charge in [0.15, 0.2) is 0 Å². The molecular weight excluding hydrogens is 186 g/mol. The molecule has 1 aromatic heterocycles. The van der Waals surface area contributed by atoms with Crippen LogP contribution in [-0.4, -0.2) is 19.1 Å². The lowest BCUT2D eigenvalue weighted by Gasteiger charge is -2.06. The molecule has 72 valence electrons. The Kier molecular flexibility index (Phi) is 3.45. The molecule has 0 aromatic carbocycles. The minimum Gasteiger partial charge on any atom is -0.468 e. The van der Waals surface area contributed by atoms with E-state index in [4.69, 9.17) is 5.73 Å². The van der Waals surface area contributed by atoms with Gasteiger partial charge >= 0.3 is 5.97 Å². The first-order valence-corrected chi connectivity index (χ1v) is 4.89. The molecule has 0 amide bonds. The molecule has 1 rings (SSSR count). The number of ether oxygens (including phenoxy) is 1. The molecule has 0 aliphatic rings. The Balaban J connectivity index is 2.54. The van der Waals surface area contributed by atoms with Crippen molar-refractivity contribution in [2.75, 3.05) is 7.11 Å². The summed E-state index contributed by atoms with van der Waals surface area (Å²) in [6.45, 7) is 2.02. The monoisotopic (exact) mass is 199 g/mol. The van der Waals surface area contributed by atoms with Crippen LogP contribution in [-0.2, 0) is 16.0 Å². The van der Waals surface area contributed by atoms with Gasteiger partial charge in [0.2, 0.25) is 0 Å². The van der Waals surface area contributed by atoms with Crippen LogP contribution in [0.5, 0.6) is 0 Å². The van der Waals surface area contributed by atoms with E-state index in [-0.39, 0.29) is 5.97 Å². The van der Waals surface area contributed by atoms with Crippen LogP contribution in [0.1, 0.15) is 10.4 Å². The SMILES string of the molecule is COC(=O)[C@H](N)Cc1cc(C)cs1. The van der Waals surface area contributed by atoms with Crippen LogP contribution in [0, 0.1) is 6.92 Å². The zero-order valence-corrected chi connectivity index (χ0v) is 8.56. The Morgan fingerprint density at radius 2 is 2.46 bits per heavy atom. The van der Waals surface area contributed by atoms with Crippen molar-refractivity contribution in [3.63, 3.8) is 0 Å². The molecule has 13 heavy (non-hydrogen) atoms. The Labute approximate surface area is 81.5 Å². The van der Waals surface area contributed by atoms with Gasteiger partial charge in [0.05, 0.1) is 7.11 Å². The summed E-state index contributed by atoms with van der Waals surface area (Å²) in [4.78, 5) is 12.1. The molecule has 0 bridgehead atoms. The van der Waals surface area contributed by atoms with Gasteiger partial charge in [-0.3, -0.25) is 4.79 Å². The molecule has 0 radical (unpaired) electrons. The number of hydrogen-bond acceptors (Lipinski definition) is 4. The maximum atomic E-state index is 11.0. The Morgan fingerprint density at radius 1 is 1.77 bits per heavy atom. The van der Waals surface area contributed by atoms with E-state index in [2.05, 4.69) is 4.74 Å². The zero-order valence-electron chi connectivity index (χ0n) is 7.74. The van der Waals surface area contributed by atoms with Crippen LogP contribution in [0.2, 0.25) is 0 Å². The van der Waals surface area contributed by atoms with Crippen molar-refractivity contribution >= 4 is 17.3 Å². The highest BCUT2D eigenvalue weighted by atomic mass is 32.1. The van der Waals surface area contributed by atoms with Crippen LogP contribution in [0.3, 0.4) is 0 Å². The van der Waals surface area contributed by atoms with E-state index < -0.39 is 6.04 Å². The molecular formula is C9H13NO2S. The van der Waals surface area contributed by atoms with Gasteiger partial charge in [0.25, 0.3) is 0 Å². The molecule has 1 atom stereocenters. The lowest BCUT2D eigenvalue weighted by molar-refractivity contribution is -0.142. The molecule has 4 heteroatoms. The summed E-state index contributed by atoms with van der Waals surface area (Å²) in [7, 11) is 1.35. The van der Waals surface area contributed by atoms with Gasteiger partial charge in [-0.05, 0) is 23.9 Å². The van der Waals surface area contributed by atoms with Crippen molar-refractivity contribution in [1.29, 1.82) is 0 Å². The second kappa shape index (κ2) is 4.39. The molecule has 2 N–H and O–H groups in total. The van der Waals surface area contributed by atoms with Gasteiger partial charge < -0.3 is 10.5 Å². The third-order valence-corrected chi connectivity index (χ3v) is 2.79. The minimum absolute atomic E-state index is 0.356. The van der Waals surface area contributed by atoms with Gasteiger partial charge in [0, 0.05) is 11.3 Å². The number of nitrogens with two attached hydrogens (primary N) is 1. The molecule has 0 spiro atoms. The third kappa shape index (κ3) is 2.82. The molecule has 0 saturated carbocycles. The number of aryl methyl sites for hydroxylation is 1. The summed E-state index contributed by atoms with van der Waals surface area (Å²) < 4.78 is 4.53. The molecule has 0 unspecified atom stereocenters. The fourth-order valence-corrected chi connectivity index (χ4v) is 1.98. The predicted octanol–water partition coefficient (Wildman–Crippen LogP) is 1.10. The number of rotatable bonds is 3. The second-order valence-electron chi connectivity index (χ2n) is 2.92. The topological polar surface area (TPSA) is 52.3 Å². The molecule has 1 heterocycles. The van der Waals surface area contributed by atoms with E-state index in [0.717, 1.165) is 4.88 Å². The molecule has 0 aliphatic heterocycles. The summed E-state index contributed by atoms with van der Waals surface area (Å²) in [5.74, 6) is -0.356. The number of carbonyl (C=O) groups excluding carboxylic acids is 1. The third-order valence-electron chi connectivity index (χ3n) is 1.71. The van der Waals surface area contributed by atoms with Crippen molar-refractivity contribution in [1.82, 2.24) is 0 Å². The molecule has 0 saturated heterocycles. The van der Waals surface area contributed by atoms with Gasteiger partial charge in [-0.15, -0.1) is 11.3 Å². The standard InChI is InChI=1S/C9H13NO2S/c1-6-3-7(13-5-6)4-8(10)9(11)12-2/h3,5,8H,4,10H2,1-2H3/t8-/m1/s1. The average Bonchev–Trinajstić information content (AvgIpc) is 2.49. The van der Waals surface area contributed by atoms with Crippen LogP contribution < -0.4 is 5.73 Å². The largest absolute Gasteiger partial charge is 0.468 e. The van der Waals surface area contributed by atoms with Crippen LogP contribution in [0.25, 0.3) is 0 Å². The van der Waals surface area contributed by atoms with E-state index in [1.54, 1.807) is 11.3 Å². The fourth-order valence-electron chi connectivity index (χ4n) is 1.05. The van der Waals surface area contributed by atoms with E-state index in [9.17, 15) is 4.79 Å². The summed E-state index contributed by atoms with van der Waals surface area (Å²) in [5.41, 5.74) is 6.81.